The van der Waals surface area contributed by atoms with Crippen molar-refractivity contribution in [1.82, 2.24) is 5.32 Å². The van der Waals surface area contributed by atoms with Gasteiger partial charge < -0.3 is 31.8 Å². The third kappa shape index (κ3) is 27.0. The number of nitrogens with two attached hydrogens (primary N) is 1. The van der Waals surface area contributed by atoms with Crippen LogP contribution in [-0.4, -0.2) is 90.5 Å². The van der Waals surface area contributed by atoms with Crippen molar-refractivity contribution >= 4 is 73.6 Å². The van der Waals surface area contributed by atoms with Crippen LogP contribution in [0.5, 0.6) is 0 Å². The Balaban J connectivity index is -0.000000212. The van der Waals surface area contributed by atoms with Crippen LogP contribution in [0.4, 0.5) is 0 Å². The molecule has 56 heavy (non-hydrogen) atoms. The van der Waals surface area contributed by atoms with Crippen molar-refractivity contribution < 1.29 is 69.5 Å². The van der Waals surface area contributed by atoms with E-state index in [1.807, 2.05) is 77.9 Å². The second-order valence-electron chi connectivity index (χ2n) is 12.3. The third-order valence-electron chi connectivity index (χ3n) is 7.09. The quantitative estimate of drug-likeness (QED) is 0.0790. The number of esters is 3. The Morgan fingerprint density at radius 1 is 0.696 bits per heavy atom. The van der Waals surface area contributed by atoms with Crippen LogP contribution in [0.15, 0.2) is 77.8 Å². The van der Waals surface area contributed by atoms with Gasteiger partial charge in [-0.3, -0.25) is 19.4 Å². The van der Waals surface area contributed by atoms with E-state index in [-0.39, 0.29) is 81.1 Å². The molecule has 0 bridgehead atoms. The smallest absolute Gasteiger partial charge is 1.00 e. The van der Waals surface area contributed by atoms with Gasteiger partial charge in [0.15, 0.2) is 0 Å². The van der Waals surface area contributed by atoms with Gasteiger partial charge in [-0.15, -0.1) is 0 Å². The summed E-state index contributed by atoms with van der Waals surface area (Å²) < 4.78 is 13.9. The van der Waals surface area contributed by atoms with E-state index in [0.717, 1.165) is 24.5 Å². The standard InChI is InChI=1S/C13H18ClNO2.C13H16ClNO2.C7H5ClO.C6H13NO2.CH4O.B.Na.H/c2*1-9(2)12(13(16)17-3)15-8-10-4-6-11(14)7-5-10;8-7-3-1-6(5-9)2-4-7;1-4(2)5(7)6(8)9-3;1-2;;;/h4-7,9,12,15H,8H2,1-3H3;4-9,12H,1-3H3;1-5H;4-5H,7H2,1-3H3;2H,1H3;;;/q;;;;;;+1;-1/t2*12-;;5-;;;;/m11.1..../s1. The van der Waals surface area contributed by atoms with Gasteiger partial charge in [0, 0.05) is 48.9 Å². The molecule has 3 aromatic carbocycles. The van der Waals surface area contributed by atoms with Crippen LogP contribution in [0.25, 0.3) is 0 Å². The van der Waals surface area contributed by atoms with E-state index in [9.17, 15) is 19.2 Å². The number of carbonyl (C=O) groups excluding carboxylic acids is 4. The van der Waals surface area contributed by atoms with Crippen molar-refractivity contribution in [3.63, 3.8) is 0 Å². The summed E-state index contributed by atoms with van der Waals surface area (Å²) in [5.41, 5.74) is 8.04. The van der Waals surface area contributed by atoms with Gasteiger partial charge in [-0.05, 0) is 65.3 Å². The number of hydrogen-bond donors (Lipinski definition) is 3. The van der Waals surface area contributed by atoms with Crippen molar-refractivity contribution in [1.29, 1.82) is 0 Å². The first-order valence-electron chi connectivity index (χ1n) is 16.9. The number of nitrogens with zero attached hydrogens (tertiary/aromatic N) is 1. The van der Waals surface area contributed by atoms with Gasteiger partial charge in [-0.25, -0.2) is 4.79 Å². The fraction of sp³-hybridized carbons (Fsp3) is 0.425. The number of nitrogens with one attached hydrogen (secondary N) is 1. The molecule has 0 unspecified atom stereocenters. The van der Waals surface area contributed by atoms with Crippen LogP contribution >= 0.6 is 34.8 Å². The molecular formula is C40H57BCl3N3NaO8. The molecule has 16 heteroatoms. The van der Waals surface area contributed by atoms with Crippen LogP contribution in [-0.2, 0) is 35.1 Å². The van der Waals surface area contributed by atoms with Crippen LogP contribution in [0, 0.1) is 17.8 Å². The summed E-state index contributed by atoms with van der Waals surface area (Å²) >= 11 is 17.1. The minimum absolute atomic E-state index is 0. The minimum Gasteiger partial charge on any atom is -1.00 e. The fourth-order valence-corrected chi connectivity index (χ4v) is 4.22. The number of methoxy groups -OCH3 is 3. The SMILES string of the molecule is CO.COC(=O)[C@H](N)C(C)C.COC(=O)[C@H](N=Cc1ccc(Cl)cc1)C(C)C.COC(=O)[C@H](NCc1ccc(Cl)cc1)C(C)C.O=Cc1ccc(Cl)cc1.[B].[H-].[Na+]. The second kappa shape index (κ2) is 35.4. The van der Waals surface area contributed by atoms with E-state index >= 15 is 0 Å². The molecule has 0 aliphatic rings. The van der Waals surface area contributed by atoms with E-state index in [0.29, 0.717) is 27.2 Å². The molecule has 3 rings (SSSR count). The van der Waals surface area contributed by atoms with Crippen molar-refractivity contribution in [2.45, 2.75) is 66.2 Å². The second-order valence-corrected chi connectivity index (χ2v) is 13.6. The Morgan fingerprint density at radius 2 is 1.09 bits per heavy atom. The number of hydrogen-bond acceptors (Lipinski definition) is 11. The third-order valence-corrected chi connectivity index (χ3v) is 7.84. The van der Waals surface area contributed by atoms with E-state index in [1.165, 1.54) is 21.3 Å². The zero-order chi connectivity index (χ0) is 41.8. The molecular weight excluding hydrogens is 791 g/mol. The van der Waals surface area contributed by atoms with Gasteiger partial charge in [0.05, 0.1) is 21.3 Å². The first-order valence-corrected chi connectivity index (χ1v) is 18.1. The minimum atomic E-state index is -0.477. The number of aliphatic imine (C=N–C) groups is 1. The van der Waals surface area contributed by atoms with Crippen LogP contribution < -0.4 is 40.6 Å². The van der Waals surface area contributed by atoms with Crippen molar-refractivity contribution in [2.24, 2.45) is 28.5 Å². The van der Waals surface area contributed by atoms with Gasteiger partial charge >= 0.3 is 47.5 Å². The first kappa shape index (κ1) is 59.9. The van der Waals surface area contributed by atoms with Crippen molar-refractivity contribution in [3.8, 4) is 0 Å². The summed E-state index contributed by atoms with van der Waals surface area (Å²) in [6.07, 6.45) is 2.45. The Labute approximate surface area is 373 Å². The summed E-state index contributed by atoms with van der Waals surface area (Å²) in [4.78, 5) is 47.9. The predicted molar refractivity (Wildman–Crippen MR) is 225 cm³/mol. The normalized spacial score (nSPS) is 11.5. The Morgan fingerprint density at radius 3 is 1.41 bits per heavy atom. The average Bonchev–Trinajstić information content (AvgIpc) is 3.17. The summed E-state index contributed by atoms with van der Waals surface area (Å²) in [6.45, 7) is 12.2. The molecule has 3 atom stereocenters. The molecule has 0 aromatic heterocycles. The van der Waals surface area contributed by atoms with E-state index in [2.05, 4.69) is 15.0 Å². The molecule has 305 valence electrons. The van der Waals surface area contributed by atoms with E-state index in [1.54, 1.807) is 42.6 Å². The maximum atomic E-state index is 11.5. The van der Waals surface area contributed by atoms with E-state index in [4.69, 9.17) is 55.1 Å². The van der Waals surface area contributed by atoms with Gasteiger partial charge in [-0.1, -0.05) is 113 Å². The molecule has 0 fully saturated rings. The molecule has 3 aromatic rings. The summed E-state index contributed by atoms with van der Waals surface area (Å²) in [6, 6.07) is 20.3. The van der Waals surface area contributed by atoms with Crippen LogP contribution in [0.1, 0.15) is 64.5 Å². The number of benzene rings is 3. The number of carbonyl (C=O) groups is 4. The maximum absolute atomic E-state index is 11.5. The average molecular weight is 848 g/mol. The number of rotatable bonds is 12. The molecule has 0 aliphatic carbocycles. The molecule has 3 radical (unpaired) electrons. The van der Waals surface area contributed by atoms with Crippen LogP contribution in [0.3, 0.4) is 0 Å². The molecule has 0 saturated heterocycles. The number of aliphatic hydroxyl groups is 1. The van der Waals surface area contributed by atoms with Gasteiger partial charge in [-0.2, -0.15) is 0 Å². The largest absolute Gasteiger partial charge is 1.00 e. The van der Waals surface area contributed by atoms with Gasteiger partial charge in [0.2, 0.25) is 0 Å². The molecule has 0 amide bonds. The van der Waals surface area contributed by atoms with E-state index < -0.39 is 12.1 Å². The van der Waals surface area contributed by atoms with Crippen molar-refractivity contribution in [3.05, 3.63) is 105 Å². The molecule has 0 heterocycles. The molecule has 11 nitrogen and oxygen atoms in total. The Kier molecular flexibility index (Phi) is 37.9. The zero-order valence-electron chi connectivity index (χ0n) is 35.3. The Bertz CT molecular complexity index is 1520. The van der Waals surface area contributed by atoms with Gasteiger partial charge in [0.1, 0.15) is 24.4 Å². The van der Waals surface area contributed by atoms with Gasteiger partial charge in [0.25, 0.3) is 0 Å². The number of ether oxygens (including phenoxy) is 3. The summed E-state index contributed by atoms with van der Waals surface area (Å²) in [5, 5.41) is 12.2. The topological polar surface area (TPSA) is 167 Å². The molecule has 4 N–H and O–H groups in total. The zero-order valence-corrected chi connectivity index (χ0v) is 38.6. The molecule has 0 spiro atoms. The molecule has 0 aliphatic heterocycles. The summed E-state index contributed by atoms with van der Waals surface area (Å²) in [7, 11) is 5.11. The Hall–Kier alpha value is -2.78. The first-order chi connectivity index (χ1) is 25.5. The molecule has 0 saturated carbocycles. The number of aliphatic hydroxyl groups excluding tert-OH is 1. The number of aldehydes is 1. The van der Waals surface area contributed by atoms with Crippen molar-refractivity contribution in [2.75, 3.05) is 28.4 Å². The maximum Gasteiger partial charge on any atom is 1.00 e. The van der Waals surface area contributed by atoms with Crippen LogP contribution in [0.2, 0.25) is 15.1 Å². The summed E-state index contributed by atoms with van der Waals surface area (Å²) in [5.74, 6) is -0.442. The number of halogens is 3. The fourth-order valence-electron chi connectivity index (χ4n) is 3.84. The monoisotopic (exact) mass is 846 g/mol. The predicted octanol–water partition coefficient (Wildman–Crippen LogP) is 4.22.